The van der Waals surface area contributed by atoms with Crippen LogP contribution in [0.3, 0.4) is 0 Å². The van der Waals surface area contributed by atoms with E-state index in [9.17, 15) is 9.18 Å². The van der Waals surface area contributed by atoms with Crippen LogP contribution in [0.15, 0.2) is 18.2 Å². The zero-order valence-corrected chi connectivity index (χ0v) is 10.8. The van der Waals surface area contributed by atoms with Gasteiger partial charge in [-0.15, -0.1) is 0 Å². The van der Waals surface area contributed by atoms with E-state index in [0.717, 1.165) is 12.1 Å². The van der Waals surface area contributed by atoms with Crippen molar-refractivity contribution >= 4 is 5.91 Å². The molecule has 1 heterocycles. The summed E-state index contributed by atoms with van der Waals surface area (Å²) in [5.74, 6) is -0.394. The fourth-order valence-electron chi connectivity index (χ4n) is 2.44. The van der Waals surface area contributed by atoms with Gasteiger partial charge in [-0.05, 0) is 30.2 Å². The lowest BCUT2D eigenvalue weighted by atomic mass is 10.1. The molecule has 100 valence electrons. The SMILES string of the molecule is CCC1C(=O)NCCN1Cc1cc(F)cc(C#N)c1. The lowest BCUT2D eigenvalue weighted by molar-refractivity contribution is -0.129. The molecule has 0 radical (unpaired) electrons. The van der Waals surface area contributed by atoms with Gasteiger partial charge < -0.3 is 5.32 Å². The Balaban J connectivity index is 2.18. The Hall–Kier alpha value is -1.93. The van der Waals surface area contributed by atoms with E-state index in [-0.39, 0.29) is 11.9 Å². The second-order valence-corrected chi connectivity index (χ2v) is 4.65. The van der Waals surface area contributed by atoms with Crippen molar-refractivity contribution in [2.75, 3.05) is 13.1 Å². The summed E-state index contributed by atoms with van der Waals surface area (Å²) in [6.45, 7) is 3.78. The summed E-state index contributed by atoms with van der Waals surface area (Å²) in [7, 11) is 0. The number of amides is 1. The Morgan fingerprint density at radius 3 is 3.00 bits per heavy atom. The number of piperazine rings is 1. The first kappa shape index (κ1) is 13.5. The van der Waals surface area contributed by atoms with Gasteiger partial charge in [-0.2, -0.15) is 5.26 Å². The summed E-state index contributed by atoms with van der Waals surface area (Å²) in [6.07, 6.45) is 0.715. The van der Waals surface area contributed by atoms with Crippen LogP contribution in [0.5, 0.6) is 0 Å². The molecule has 1 unspecified atom stereocenters. The lowest BCUT2D eigenvalue weighted by Gasteiger charge is -2.34. The maximum atomic E-state index is 13.4. The zero-order chi connectivity index (χ0) is 13.8. The molecule has 1 N–H and O–H groups in total. The van der Waals surface area contributed by atoms with Gasteiger partial charge in [0, 0.05) is 19.6 Å². The van der Waals surface area contributed by atoms with Crippen molar-refractivity contribution in [2.24, 2.45) is 0 Å². The van der Waals surface area contributed by atoms with Crippen molar-refractivity contribution in [3.05, 3.63) is 35.1 Å². The molecular formula is C14H16FN3O. The van der Waals surface area contributed by atoms with Crippen molar-refractivity contribution in [1.82, 2.24) is 10.2 Å². The second kappa shape index (κ2) is 5.81. The fraction of sp³-hybridized carbons (Fsp3) is 0.429. The van der Waals surface area contributed by atoms with E-state index < -0.39 is 5.82 Å². The quantitative estimate of drug-likeness (QED) is 0.895. The highest BCUT2D eigenvalue weighted by Crippen LogP contribution is 2.15. The average Bonchev–Trinajstić information content (AvgIpc) is 2.38. The van der Waals surface area contributed by atoms with E-state index in [1.165, 1.54) is 12.1 Å². The molecule has 1 amide bonds. The predicted molar refractivity (Wildman–Crippen MR) is 68.6 cm³/mol. The van der Waals surface area contributed by atoms with Gasteiger partial charge in [-0.1, -0.05) is 6.92 Å². The maximum absolute atomic E-state index is 13.4. The van der Waals surface area contributed by atoms with Crippen LogP contribution in [0.25, 0.3) is 0 Å². The topological polar surface area (TPSA) is 56.1 Å². The van der Waals surface area contributed by atoms with Gasteiger partial charge >= 0.3 is 0 Å². The van der Waals surface area contributed by atoms with Crippen LogP contribution < -0.4 is 5.32 Å². The summed E-state index contributed by atoms with van der Waals surface area (Å²) in [4.78, 5) is 13.8. The van der Waals surface area contributed by atoms with E-state index in [4.69, 9.17) is 5.26 Å². The molecule has 1 aromatic carbocycles. The molecule has 5 heteroatoms. The Labute approximate surface area is 111 Å². The molecule has 1 saturated heterocycles. The minimum atomic E-state index is -0.413. The monoisotopic (exact) mass is 261 g/mol. The standard InChI is InChI=1S/C14H16FN3O/c1-2-13-14(19)17-3-4-18(13)9-11-5-10(8-16)6-12(15)7-11/h5-7,13H,2-4,9H2,1H3,(H,17,19). The third-order valence-electron chi connectivity index (χ3n) is 3.30. The first-order chi connectivity index (χ1) is 9.13. The summed E-state index contributed by atoms with van der Waals surface area (Å²) >= 11 is 0. The number of nitrogens with one attached hydrogen (secondary N) is 1. The van der Waals surface area contributed by atoms with E-state index in [1.54, 1.807) is 6.07 Å². The number of carbonyl (C=O) groups excluding carboxylic acids is 1. The van der Waals surface area contributed by atoms with Gasteiger partial charge in [-0.25, -0.2) is 4.39 Å². The van der Waals surface area contributed by atoms with E-state index in [0.29, 0.717) is 25.1 Å². The van der Waals surface area contributed by atoms with E-state index in [1.807, 2.05) is 17.9 Å². The molecule has 19 heavy (non-hydrogen) atoms. The number of rotatable bonds is 3. The molecule has 0 aliphatic carbocycles. The van der Waals surface area contributed by atoms with Gasteiger partial charge in [0.2, 0.25) is 5.91 Å². The van der Waals surface area contributed by atoms with Gasteiger partial charge in [0.15, 0.2) is 0 Å². The van der Waals surface area contributed by atoms with Crippen molar-refractivity contribution in [3.63, 3.8) is 0 Å². The van der Waals surface area contributed by atoms with Crippen molar-refractivity contribution < 1.29 is 9.18 Å². The summed E-state index contributed by atoms with van der Waals surface area (Å²) in [5, 5.41) is 11.7. The highest BCUT2D eigenvalue weighted by atomic mass is 19.1. The minimum absolute atomic E-state index is 0.0191. The summed E-state index contributed by atoms with van der Waals surface area (Å²) in [6, 6.07) is 6.06. The molecule has 0 spiro atoms. The third kappa shape index (κ3) is 3.09. The number of hydrogen-bond donors (Lipinski definition) is 1. The number of hydrogen-bond acceptors (Lipinski definition) is 3. The normalized spacial score (nSPS) is 19.8. The Morgan fingerprint density at radius 1 is 1.53 bits per heavy atom. The first-order valence-corrected chi connectivity index (χ1v) is 6.35. The average molecular weight is 261 g/mol. The van der Waals surface area contributed by atoms with Crippen LogP contribution in [0.2, 0.25) is 0 Å². The van der Waals surface area contributed by atoms with Crippen LogP contribution >= 0.6 is 0 Å². The molecule has 0 aromatic heterocycles. The summed E-state index contributed by atoms with van der Waals surface area (Å²) < 4.78 is 13.4. The fourth-order valence-corrected chi connectivity index (χ4v) is 2.44. The van der Waals surface area contributed by atoms with Gasteiger partial charge in [0.1, 0.15) is 5.82 Å². The number of halogens is 1. The zero-order valence-electron chi connectivity index (χ0n) is 10.8. The largest absolute Gasteiger partial charge is 0.353 e. The van der Waals surface area contributed by atoms with E-state index in [2.05, 4.69) is 5.32 Å². The molecule has 1 fully saturated rings. The van der Waals surface area contributed by atoms with Crippen molar-refractivity contribution in [3.8, 4) is 6.07 Å². The van der Waals surface area contributed by atoms with Crippen molar-refractivity contribution in [1.29, 1.82) is 5.26 Å². The van der Waals surface area contributed by atoms with E-state index >= 15 is 0 Å². The molecular weight excluding hydrogens is 245 g/mol. The molecule has 0 bridgehead atoms. The molecule has 2 rings (SSSR count). The predicted octanol–water partition coefficient (Wildman–Crippen LogP) is 1.41. The second-order valence-electron chi connectivity index (χ2n) is 4.65. The van der Waals surface area contributed by atoms with Crippen molar-refractivity contribution in [2.45, 2.75) is 25.9 Å². The van der Waals surface area contributed by atoms with Gasteiger partial charge in [0.25, 0.3) is 0 Å². The number of nitriles is 1. The smallest absolute Gasteiger partial charge is 0.237 e. The number of carbonyl (C=O) groups is 1. The third-order valence-corrected chi connectivity index (χ3v) is 3.30. The molecule has 1 aliphatic rings. The van der Waals surface area contributed by atoms with Crippen LogP contribution in [0, 0.1) is 17.1 Å². The lowest BCUT2D eigenvalue weighted by Crippen LogP contribution is -2.54. The Morgan fingerprint density at radius 2 is 2.32 bits per heavy atom. The highest BCUT2D eigenvalue weighted by Gasteiger charge is 2.27. The van der Waals surface area contributed by atoms with Crippen LogP contribution in [-0.2, 0) is 11.3 Å². The number of nitrogens with zero attached hydrogens (tertiary/aromatic N) is 2. The molecule has 0 saturated carbocycles. The molecule has 4 nitrogen and oxygen atoms in total. The maximum Gasteiger partial charge on any atom is 0.237 e. The van der Waals surface area contributed by atoms with Crippen LogP contribution in [0.4, 0.5) is 4.39 Å². The highest BCUT2D eigenvalue weighted by molar-refractivity contribution is 5.82. The minimum Gasteiger partial charge on any atom is -0.353 e. The molecule has 1 atom stereocenters. The Kier molecular flexibility index (Phi) is 4.13. The number of benzene rings is 1. The van der Waals surface area contributed by atoms with Gasteiger partial charge in [0.05, 0.1) is 17.7 Å². The summed E-state index contributed by atoms with van der Waals surface area (Å²) in [5.41, 5.74) is 1.04. The van der Waals surface area contributed by atoms with Crippen LogP contribution in [-0.4, -0.2) is 29.9 Å². The first-order valence-electron chi connectivity index (χ1n) is 6.35. The molecule has 1 aromatic rings. The Bertz CT molecular complexity index is 524. The molecule has 1 aliphatic heterocycles. The van der Waals surface area contributed by atoms with Gasteiger partial charge in [-0.3, -0.25) is 9.69 Å². The van der Waals surface area contributed by atoms with Crippen LogP contribution in [0.1, 0.15) is 24.5 Å².